The second-order valence-electron chi connectivity index (χ2n) is 9.39. The molecule has 35 heavy (non-hydrogen) atoms. The molecule has 6 rings (SSSR count). The molecule has 1 aliphatic heterocycles. The second-order valence-corrected chi connectivity index (χ2v) is 12.1. The number of anilines is 2. The molecule has 0 amide bonds. The molecule has 2 fully saturated rings. The lowest BCUT2D eigenvalue weighted by atomic mass is 9.98. The summed E-state index contributed by atoms with van der Waals surface area (Å²) in [6, 6.07) is 9.64. The van der Waals surface area contributed by atoms with Crippen LogP contribution in [-0.4, -0.2) is 45.1 Å². The van der Waals surface area contributed by atoms with E-state index in [2.05, 4.69) is 30.5 Å². The Kier molecular flexibility index (Phi) is 5.45. The van der Waals surface area contributed by atoms with Crippen LogP contribution >= 0.6 is 11.6 Å². The first-order valence-corrected chi connectivity index (χ1v) is 13.9. The zero-order valence-corrected chi connectivity index (χ0v) is 20.7. The second kappa shape index (κ2) is 8.53. The Morgan fingerprint density at radius 1 is 1.03 bits per heavy atom. The highest BCUT2D eigenvalue weighted by Gasteiger charge is 2.28. The van der Waals surface area contributed by atoms with E-state index >= 15 is 0 Å². The van der Waals surface area contributed by atoms with Crippen molar-refractivity contribution in [2.45, 2.75) is 44.4 Å². The van der Waals surface area contributed by atoms with Crippen molar-refractivity contribution in [1.82, 2.24) is 25.1 Å². The normalized spacial score (nSPS) is 18.1. The van der Waals surface area contributed by atoms with Gasteiger partial charge in [-0.1, -0.05) is 11.6 Å². The third-order valence-electron chi connectivity index (χ3n) is 6.61. The van der Waals surface area contributed by atoms with Gasteiger partial charge in [-0.3, -0.25) is 5.10 Å². The van der Waals surface area contributed by atoms with Gasteiger partial charge in [0.05, 0.1) is 22.2 Å². The molecule has 2 aliphatic rings. The molecule has 4 aromatic rings. The Balaban J connectivity index is 1.33. The van der Waals surface area contributed by atoms with E-state index in [0.717, 1.165) is 28.0 Å². The number of H-pyrrole nitrogens is 2. The van der Waals surface area contributed by atoms with Gasteiger partial charge in [-0.05, 0) is 50.8 Å². The minimum atomic E-state index is -2.99. The topological polar surface area (TPSA) is 126 Å². The molecule has 0 radical (unpaired) electrons. The highest BCUT2D eigenvalue weighted by Crippen LogP contribution is 2.40. The Bertz CT molecular complexity index is 1510. The molecule has 182 valence electrons. The van der Waals surface area contributed by atoms with Crippen LogP contribution in [0, 0.1) is 6.92 Å². The molecule has 3 aromatic heterocycles. The van der Waals surface area contributed by atoms with Gasteiger partial charge in [0.2, 0.25) is 0 Å². The number of fused-ring (bicyclic) bond motifs is 1. The van der Waals surface area contributed by atoms with Crippen LogP contribution in [0.5, 0.6) is 11.8 Å². The van der Waals surface area contributed by atoms with Crippen LogP contribution in [0.4, 0.5) is 11.6 Å². The Morgan fingerprint density at radius 2 is 1.83 bits per heavy atom. The lowest BCUT2D eigenvalue weighted by Crippen LogP contribution is -2.23. The molecule has 1 saturated heterocycles. The molecule has 4 heterocycles. The smallest absolute Gasteiger partial charge is 0.324 e. The highest BCUT2D eigenvalue weighted by molar-refractivity contribution is 7.91. The number of halogens is 1. The fourth-order valence-corrected chi connectivity index (χ4v) is 6.30. The largest absolute Gasteiger partial charge is 0.423 e. The summed E-state index contributed by atoms with van der Waals surface area (Å²) < 4.78 is 30.0. The quantitative estimate of drug-likeness (QED) is 0.318. The van der Waals surface area contributed by atoms with E-state index in [9.17, 15) is 8.42 Å². The molecule has 3 N–H and O–H groups in total. The summed E-state index contributed by atoms with van der Waals surface area (Å²) in [5, 5.41) is 12.0. The fraction of sp³-hybridized carbons (Fsp3) is 0.375. The number of aromatic nitrogens is 5. The molecular weight excluding hydrogens is 488 g/mol. The van der Waals surface area contributed by atoms with Crippen LogP contribution in [0.25, 0.3) is 10.9 Å². The molecule has 0 atom stereocenters. The van der Waals surface area contributed by atoms with E-state index in [4.69, 9.17) is 16.3 Å². The maximum absolute atomic E-state index is 12.0. The SMILES string of the molecule is Cc1cc2c(Cl)c(Oc3nc(Nc4cc(C5CC5)[nH]n4)cc(C4CCS(=O)(=O)CC4)n3)ccc2[nH]1. The van der Waals surface area contributed by atoms with E-state index in [1.54, 1.807) is 6.07 Å². The summed E-state index contributed by atoms with van der Waals surface area (Å²) >= 11 is 6.64. The molecule has 1 aliphatic carbocycles. The summed E-state index contributed by atoms with van der Waals surface area (Å²) in [5.74, 6) is 2.49. The standard InChI is InChI=1S/C24H25ClN6O3S/c1-13-10-16-17(26-13)4-5-20(23(16)25)34-24-27-18(15-6-8-35(32,33)9-7-15)11-21(29-24)28-22-12-19(30-31-22)14-2-3-14/h4-5,10-12,14-15,26H,2-3,6-9H2,1H3,(H2,27,28,29,30,31). The first-order chi connectivity index (χ1) is 16.8. The summed E-state index contributed by atoms with van der Waals surface area (Å²) in [4.78, 5) is 12.5. The minimum Gasteiger partial charge on any atom is -0.423 e. The number of rotatable bonds is 6. The van der Waals surface area contributed by atoms with Crippen LogP contribution < -0.4 is 10.1 Å². The van der Waals surface area contributed by atoms with Gasteiger partial charge in [0.15, 0.2) is 5.82 Å². The van der Waals surface area contributed by atoms with Gasteiger partial charge < -0.3 is 15.0 Å². The van der Waals surface area contributed by atoms with E-state index in [-0.39, 0.29) is 23.4 Å². The van der Waals surface area contributed by atoms with E-state index < -0.39 is 9.84 Å². The number of hydrogen-bond donors (Lipinski definition) is 3. The third kappa shape index (κ3) is 4.72. The Morgan fingerprint density at radius 3 is 2.60 bits per heavy atom. The lowest BCUT2D eigenvalue weighted by Gasteiger charge is -2.22. The predicted molar refractivity (Wildman–Crippen MR) is 135 cm³/mol. The zero-order chi connectivity index (χ0) is 24.2. The van der Waals surface area contributed by atoms with Crippen molar-refractivity contribution in [3.8, 4) is 11.8 Å². The van der Waals surface area contributed by atoms with Crippen LogP contribution in [-0.2, 0) is 9.84 Å². The first-order valence-electron chi connectivity index (χ1n) is 11.7. The van der Waals surface area contributed by atoms with Crippen molar-refractivity contribution in [2.24, 2.45) is 0 Å². The number of aromatic amines is 2. The molecule has 0 unspecified atom stereocenters. The summed E-state index contributed by atoms with van der Waals surface area (Å²) in [6.45, 7) is 1.97. The highest BCUT2D eigenvalue weighted by atomic mass is 35.5. The molecule has 1 saturated carbocycles. The predicted octanol–water partition coefficient (Wildman–Crippen LogP) is 5.35. The minimum absolute atomic E-state index is 0.00379. The maximum Gasteiger partial charge on any atom is 0.324 e. The van der Waals surface area contributed by atoms with Crippen LogP contribution in [0.15, 0.2) is 30.3 Å². The lowest BCUT2D eigenvalue weighted by molar-refractivity contribution is 0.436. The number of nitrogens with one attached hydrogen (secondary N) is 3. The number of ether oxygens (including phenoxy) is 1. The van der Waals surface area contributed by atoms with Crippen LogP contribution in [0.1, 0.15) is 54.6 Å². The molecule has 9 nitrogen and oxygen atoms in total. The van der Waals surface area contributed by atoms with Crippen molar-refractivity contribution in [2.75, 3.05) is 16.8 Å². The Labute approximate surface area is 207 Å². The molecule has 0 bridgehead atoms. The molecular formula is C24H25ClN6O3S. The van der Waals surface area contributed by atoms with Crippen molar-refractivity contribution in [1.29, 1.82) is 0 Å². The first kappa shape index (κ1) is 22.4. The van der Waals surface area contributed by atoms with Gasteiger partial charge in [0, 0.05) is 46.3 Å². The summed E-state index contributed by atoms with van der Waals surface area (Å²) in [5.41, 5.74) is 3.77. The third-order valence-corrected chi connectivity index (χ3v) is 8.71. The number of hydrogen-bond acceptors (Lipinski definition) is 7. The monoisotopic (exact) mass is 512 g/mol. The summed E-state index contributed by atoms with van der Waals surface area (Å²) in [7, 11) is -2.99. The average molecular weight is 513 g/mol. The number of benzene rings is 1. The van der Waals surface area contributed by atoms with Crippen LogP contribution in [0.2, 0.25) is 5.02 Å². The van der Waals surface area contributed by atoms with Gasteiger partial charge in [-0.2, -0.15) is 15.1 Å². The van der Waals surface area contributed by atoms with E-state index in [0.29, 0.717) is 41.2 Å². The van der Waals surface area contributed by atoms with E-state index in [1.807, 2.05) is 31.2 Å². The zero-order valence-electron chi connectivity index (χ0n) is 19.1. The molecule has 11 heteroatoms. The van der Waals surface area contributed by atoms with Crippen molar-refractivity contribution in [3.63, 3.8) is 0 Å². The maximum atomic E-state index is 12.0. The number of aryl methyl sites for hydroxylation is 1. The van der Waals surface area contributed by atoms with Gasteiger partial charge in [-0.25, -0.2) is 8.42 Å². The van der Waals surface area contributed by atoms with Crippen molar-refractivity contribution >= 4 is 44.0 Å². The van der Waals surface area contributed by atoms with Gasteiger partial charge in [0.25, 0.3) is 0 Å². The Hall–Kier alpha value is -3.11. The van der Waals surface area contributed by atoms with E-state index in [1.165, 1.54) is 12.8 Å². The number of sulfone groups is 1. The summed E-state index contributed by atoms with van der Waals surface area (Å²) in [6.07, 6.45) is 3.38. The van der Waals surface area contributed by atoms with Gasteiger partial charge in [-0.15, -0.1) is 0 Å². The van der Waals surface area contributed by atoms with Crippen molar-refractivity contribution in [3.05, 3.63) is 52.4 Å². The fourth-order valence-electron chi connectivity index (χ4n) is 4.55. The molecule has 1 aromatic carbocycles. The number of nitrogens with zero attached hydrogens (tertiary/aromatic N) is 3. The van der Waals surface area contributed by atoms with Gasteiger partial charge in [0.1, 0.15) is 21.4 Å². The average Bonchev–Trinajstić information content (AvgIpc) is 3.44. The van der Waals surface area contributed by atoms with Crippen LogP contribution in [0.3, 0.4) is 0 Å². The van der Waals surface area contributed by atoms with Gasteiger partial charge >= 0.3 is 6.01 Å². The molecule has 0 spiro atoms. The van der Waals surface area contributed by atoms with Crippen molar-refractivity contribution < 1.29 is 13.2 Å².